The summed E-state index contributed by atoms with van der Waals surface area (Å²) >= 11 is 0. The number of rotatable bonds is 4. The molecule has 0 bridgehead atoms. The largest absolute Gasteiger partial charge is 0.417 e. The summed E-state index contributed by atoms with van der Waals surface area (Å²) in [4.78, 5) is 17.0. The van der Waals surface area contributed by atoms with Gasteiger partial charge in [-0.25, -0.2) is 0 Å². The number of methoxy groups -OCH3 is 1. The highest BCUT2D eigenvalue weighted by Gasteiger charge is 2.49. The van der Waals surface area contributed by atoms with Crippen LogP contribution in [0.3, 0.4) is 0 Å². The lowest BCUT2D eigenvalue weighted by molar-refractivity contribution is -0.137. The average molecular weight is 486 g/mol. The Hall–Kier alpha value is -3.05. The summed E-state index contributed by atoms with van der Waals surface area (Å²) in [6, 6.07) is 11.3. The lowest BCUT2D eigenvalue weighted by Gasteiger charge is -2.42. The highest BCUT2D eigenvalue weighted by molar-refractivity contribution is 5.94. The van der Waals surface area contributed by atoms with Gasteiger partial charge in [0.2, 0.25) is 0 Å². The first kappa shape index (κ1) is 25.1. The third-order valence-electron chi connectivity index (χ3n) is 7.77. The summed E-state index contributed by atoms with van der Waals surface area (Å²) < 4.78 is 46.1. The van der Waals surface area contributed by atoms with Gasteiger partial charge in [-0.1, -0.05) is 6.07 Å². The van der Waals surface area contributed by atoms with Crippen molar-refractivity contribution >= 4 is 11.6 Å². The van der Waals surface area contributed by atoms with Crippen LogP contribution in [0.4, 0.5) is 18.9 Å². The van der Waals surface area contributed by atoms with Gasteiger partial charge in [-0.05, 0) is 73.6 Å². The lowest BCUT2D eigenvalue weighted by Crippen LogP contribution is -2.47. The molecule has 2 fully saturated rings. The van der Waals surface area contributed by atoms with Crippen molar-refractivity contribution < 1.29 is 22.7 Å². The lowest BCUT2D eigenvalue weighted by atomic mass is 9.71. The molecule has 1 atom stereocenters. The number of anilines is 1. The Balaban J connectivity index is 1.53. The van der Waals surface area contributed by atoms with Crippen LogP contribution in [0.25, 0.3) is 0 Å². The minimum Gasteiger partial charge on any atom is -0.384 e. The molecule has 8 heteroatoms. The van der Waals surface area contributed by atoms with Crippen LogP contribution in [-0.2, 0) is 10.9 Å². The molecule has 1 amide bonds. The summed E-state index contributed by atoms with van der Waals surface area (Å²) in [7, 11) is 1.64. The normalized spacial score (nSPS) is 19.7. The number of piperidine rings is 1. The van der Waals surface area contributed by atoms with Crippen LogP contribution < -0.4 is 4.90 Å². The maximum Gasteiger partial charge on any atom is 0.417 e. The van der Waals surface area contributed by atoms with Gasteiger partial charge in [0.15, 0.2) is 0 Å². The van der Waals surface area contributed by atoms with Gasteiger partial charge in [-0.3, -0.25) is 4.79 Å². The van der Waals surface area contributed by atoms with Crippen LogP contribution >= 0.6 is 0 Å². The van der Waals surface area contributed by atoms with Crippen molar-refractivity contribution in [2.45, 2.75) is 32.9 Å². The van der Waals surface area contributed by atoms with E-state index in [1.54, 1.807) is 19.2 Å². The number of carbonyl (C=O) groups excluding carboxylic acids is 1. The zero-order valence-electron chi connectivity index (χ0n) is 20.3. The van der Waals surface area contributed by atoms with Crippen molar-refractivity contribution in [2.24, 2.45) is 11.3 Å². The summed E-state index contributed by atoms with van der Waals surface area (Å²) in [5, 5.41) is 9.12. The standard InChI is InChI=1S/C27H30F3N3O2/c1-18-4-5-20(12-19(18)2)25(34)32-10-8-26(9-11-32)17-33(15-22(26)16-35-3)23-7-6-21(14-31)24(13-23)27(28,29)30/h4-7,12-13,22H,8-11,15-17H2,1-3H3. The van der Waals surface area contributed by atoms with Gasteiger partial charge in [0.25, 0.3) is 5.91 Å². The fourth-order valence-electron chi connectivity index (χ4n) is 5.50. The van der Waals surface area contributed by atoms with Crippen molar-refractivity contribution in [1.29, 1.82) is 5.26 Å². The minimum absolute atomic E-state index is 0.0167. The van der Waals surface area contributed by atoms with E-state index in [4.69, 9.17) is 10.00 Å². The smallest absolute Gasteiger partial charge is 0.384 e. The van der Waals surface area contributed by atoms with Crippen LogP contribution in [0.15, 0.2) is 36.4 Å². The Labute approximate surface area is 204 Å². The molecule has 0 aliphatic carbocycles. The molecule has 0 saturated carbocycles. The van der Waals surface area contributed by atoms with Gasteiger partial charge in [0, 0.05) is 50.5 Å². The first-order valence-electron chi connectivity index (χ1n) is 11.8. The maximum absolute atomic E-state index is 13.5. The Morgan fingerprint density at radius 1 is 1.14 bits per heavy atom. The average Bonchev–Trinajstić information content (AvgIpc) is 3.17. The first-order valence-corrected chi connectivity index (χ1v) is 11.8. The number of halogens is 3. The van der Waals surface area contributed by atoms with Crippen molar-refractivity contribution in [3.63, 3.8) is 0 Å². The molecule has 2 aliphatic rings. The molecule has 4 rings (SSSR count). The second-order valence-electron chi connectivity index (χ2n) is 9.83. The Morgan fingerprint density at radius 3 is 2.46 bits per heavy atom. The Bertz CT molecular complexity index is 1150. The predicted octanol–water partition coefficient (Wildman–Crippen LogP) is 5.20. The number of amides is 1. The van der Waals surface area contributed by atoms with Gasteiger partial charge in [0.1, 0.15) is 0 Å². The van der Waals surface area contributed by atoms with Gasteiger partial charge in [0.05, 0.1) is 23.8 Å². The van der Waals surface area contributed by atoms with E-state index in [1.165, 1.54) is 6.07 Å². The summed E-state index contributed by atoms with van der Waals surface area (Å²) in [6.45, 7) is 6.87. The summed E-state index contributed by atoms with van der Waals surface area (Å²) in [5.41, 5.74) is 1.94. The van der Waals surface area contributed by atoms with E-state index in [2.05, 4.69) is 0 Å². The molecule has 1 spiro atoms. The zero-order valence-corrected chi connectivity index (χ0v) is 20.3. The van der Waals surface area contributed by atoms with E-state index in [9.17, 15) is 18.0 Å². The maximum atomic E-state index is 13.5. The van der Waals surface area contributed by atoms with E-state index in [0.717, 1.165) is 30.0 Å². The van der Waals surface area contributed by atoms with Gasteiger partial charge >= 0.3 is 6.18 Å². The molecule has 5 nitrogen and oxygen atoms in total. The number of nitrogens with zero attached hydrogens (tertiary/aromatic N) is 3. The number of carbonyl (C=O) groups is 1. The molecule has 186 valence electrons. The van der Waals surface area contributed by atoms with Crippen LogP contribution in [0.1, 0.15) is 45.5 Å². The van der Waals surface area contributed by atoms with E-state index in [1.807, 2.05) is 41.8 Å². The molecule has 0 aromatic heterocycles. The quantitative estimate of drug-likeness (QED) is 0.598. The number of benzene rings is 2. The first-order chi connectivity index (χ1) is 16.6. The van der Waals surface area contributed by atoms with Gasteiger partial charge < -0.3 is 14.5 Å². The second kappa shape index (κ2) is 9.54. The molecule has 1 unspecified atom stereocenters. The molecular weight excluding hydrogens is 455 g/mol. The van der Waals surface area contributed by atoms with Gasteiger partial charge in [-0.2, -0.15) is 18.4 Å². The summed E-state index contributed by atoms with van der Waals surface area (Å²) in [5.74, 6) is 0.152. The molecule has 2 aromatic rings. The molecule has 2 aliphatic heterocycles. The van der Waals surface area contributed by atoms with Gasteiger partial charge in [-0.15, -0.1) is 0 Å². The third kappa shape index (κ3) is 4.87. The minimum atomic E-state index is -4.59. The van der Waals surface area contributed by atoms with E-state index in [0.29, 0.717) is 44.0 Å². The topological polar surface area (TPSA) is 56.6 Å². The Kier molecular flexibility index (Phi) is 6.83. The predicted molar refractivity (Wildman–Crippen MR) is 127 cm³/mol. The van der Waals surface area contributed by atoms with Crippen molar-refractivity contribution in [3.05, 3.63) is 64.2 Å². The van der Waals surface area contributed by atoms with Crippen LogP contribution in [0.2, 0.25) is 0 Å². The number of aryl methyl sites for hydroxylation is 2. The molecule has 0 radical (unpaired) electrons. The number of ether oxygens (including phenoxy) is 1. The molecule has 0 N–H and O–H groups in total. The molecule has 2 aromatic carbocycles. The SMILES string of the molecule is COCC1CN(c2ccc(C#N)c(C(F)(F)F)c2)CC12CCN(C(=O)c1ccc(C)c(C)c1)CC2. The third-order valence-corrected chi connectivity index (χ3v) is 7.77. The highest BCUT2D eigenvalue weighted by Crippen LogP contribution is 2.47. The van der Waals surface area contributed by atoms with Crippen molar-refractivity contribution in [1.82, 2.24) is 4.90 Å². The van der Waals surface area contributed by atoms with E-state index in [-0.39, 0.29) is 22.8 Å². The number of hydrogen-bond donors (Lipinski definition) is 0. The van der Waals surface area contributed by atoms with E-state index >= 15 is 0 Å². The second-order valence-corrected chi connectivity index (χ2v) is 9.83. The molecule has 2 saturated heterocycles. The number of hydrogen-bond acceptors (Lipinski definition) is 4. The number of alkyl halides is 3. The summed E-state index contributed by atoms with van der Waals surface area (Å²) in [6.07, 6.45) is -3.07. The zero-order chi connectivity index (χ0) is 25.4. The van der Waals surface area contributed by atoms with Crippen LogP contribution in [-0.4, -0.2) is 50.7 Å². The fraction of sp³-hybridized carbons (Fsp3) is 0.481. The van der Waals surface area contributed by atoms with E-state index < -0.39 is 11.7 Å². The van der Waals surface area contributed by atoms with Crippen molar-refractivity contribution in [3.8, 4) is 6.07 Å². The molecule has 2 heterocycles. The fourth-order valence-corrected chi connectivity index (χ4v) is 5.50. The highest BCUT2D eigenvalue weighted by atomic mass is 19.4. The van der Waals surface area contributed by atoms with Crippen LogP contribution in [0, 0.1) is 36.5 Å². The molecular formula is C27H30F3N3O2. The number of nitriles is 1. The monoisotopic (exact) mass is 485 g/mol. The van der Waals surface area contributed by atoms with Crippen LogP contribution in [0.5, 0.6) is 0 Å². The Morgan fingerprint density at radius 2 is 1.86 bits per heavy atom. The number of likely N-dealkylation sites (tertiary alicyclic amines) is 1. The molecule has 35 heavy (non-hydrogen) atoms. The van der Waals surface area contributed by atoms with Crippen molar-refractivity contribution in [2.75, 3.05) is 44.8 Å².